The van der Waals surface area contributed by atoms with Gasteiger partial charge in [-0.1, -0.05) is 36.4 Å². The summed E-state index contributed by atoms with van der Waals surface area (Å²) in [5.74, 6) is 0.0608. The Bertz CT molecular complexity index is 1090. The first kappa shape index (κ1) is 19.4. The van der Waals surface area contributed by atoms with E-state index in [1.165, 1.54) is 12.1 Å². The van der Waals surface area contributed by atoms with E-state index in [2.05, 4.69) is 19.7 Å². The lowest BCUT2D eigenvalue weighted by atomic mass is 10.2. The molecule has 0 radical (unpaired) electrons. The van der Waals surface area contributed by atoms with E-state index >= 15 is 0 Å². The van der Waals surface area contributed by atoms with Crippen LogP contribution in [0, 0.1) is 13.8 Å². The Labute approximate surface area is 164 Å². The van der Waals surface area contributed by atoms with Crippen molar-refractivity contribution in [1.29, 1.82) is 0 Å². The van der Waals surface area contributed by atoms with Gasteiger partial charge in [0.25, 0.3) is 10.0 Å². The molecule has 142 valence electrons. The lowest BCUT2D eigenvalue weighted by Gasteiger charge is -2.08. The van der Waals surface area contributed by atoms with Crippen molar-refractivity contribution in [2.75, 3.05) is 4.72 Å². The molecule has 0 aliphatic heterocycles. The van der Waals surface area contributed by atoms with Crippen LogP contribution in [0.2, 0.25) is 0 Å². The number of aromatic nitrogens is 2. The molecule has 0 unspecified atom stereocenters. The third kappa shape index (κ3) is 5.34. The van der Waals surface area contributed by atoms with Crippen LogP contribution in [0.25, 0.3) is 6.08 Å². The second-order valence-electron chi connectivity index (χ2n) is 6.12. The molecule has 3 aromatic rings. The minimum atomic E-state index is -3.77. The van der Waals surface area contributed by atoms with Gasteiger partial charge in [-0.3, -0.25) is 4.99 Å². The largest absolute Gasteiger partial charge is 0.264 e. The number of allylic oxidation sites excluding steroid dienone is 1. The van der Waals surface area contributed by atoms with Gasteiger partial charge in [0.05, 0.1) is 10.6 Å². The van der Waals surface area contributed by atoms with Gasteiger partial charge >= 0.3 is 0 Å². The highest BCUT2D eigenvalue weighted by molar-refractivity contribution is 7.92. The van der Waals surface area contributed by atoms with E-state index in [0.29, 0.717) is 17.1 Å². The van der Waals surface area contributed by atoms with Gasteiger partial charge in [0.15, 0.2) is 0 Å². The average molecular weight is 392 g/mol. The van der Waals surface area contributed by atoms with Crippen molar-refractivity contribution in [3.8, 4) is 0 Å². The number of anilines is 1. The number of hydrogen-bond acceptors (Lipinski definition) is 5. The van der Waals surface area contributed by atoms with Crippen molar-refractivity contribution >= 4 is 33.9 Å². The number of sulfonamides is 1. The second-order valence-corrected chi connectivity index (χ2v) is 7.80. The van der Waals surface area contributed by atoms with E-state index in [1.54, 1.807) is 38.3 Å². The third-order valence-electron chi connectivity index (χ3n) is 3.75. The smallest absolute Gasteiger partial charge is 0.257 e. The molecule has 0 bridgehead atoms. The number of aliphatic imine (C=N–C) groups is 1. The standard InChI is InChI=1S/C21H20N4O2S/c1-16-15-17(2)24-21(23-16)25-28(26,27)20-12-10-19(11-13-20)22-14-6-9-18-7-4-3-5-8-18/h3-15H,1-2H3,(H,23,24,25)/b9-6-,22-14?. The SMILES string of the molecule is Cc1cc(C)nc(NS(=O)(=O)c2ccc(N=C/C=C\c3ccccc3)cc2)n1. The lowest BCUT2D eigenvalue weighted by Crippen LogP contribution is -2.15. The Morgan fingerprint density at radius 2 is 1.57 bits per heavy atom. The van der Waals surface area contributed by atoms with Crippen LogP contribution in [0.3, 0.4) is 0 Å². The highest BCUT2D eigenvalue weighted by Gasteiger charge is 2.15. The molecule has 0 spiro atoms. The van der Waals surface area contributed by atoms with E-state index in [4.69, 9.17) is 0 Å². The predicted molar refractivity (Wildman–Crippen MR) is 112 cm³/mol. The molecule has 28 heavy (non-hydrogen) atoms. The number of aryl methyl sites for hydroxylation is 2. The summed E-state index contributed by atoms with van der Waals surface area (Å²) in [7, 11) is -3.77. The zero-order valence-electron chi connectivity index (χ0n) is 15.6. The fourth-order valence-corrected chi connectivity index (χ4v) is 3.45. The minimum absolute atomic E-state index is 0.0608. The number of rotatable bonds is 6. The maximum Gasteiger partial charge on any atom is 0.264 e. The van der Waals surface area contributed by atoms with Crippen LogP contribution in [0.4, 0.5) is 11.6 Å². The summed E-state index contributed by atoms with van der Waals surface area (Å²) in [6, 6.07) is 17.9. The zero-order chi connectivity index (χ0) is 20.0. The van der Waals surface area contributed by atoms with Gasteiger partial charge in [-0.25, -0.2) is 23.1 Å². The van der Waals surface area contributed by atoms with E-state index in [-0.39, 0.29) is 10.8 Å². The van der Waals surface area contributed by atoms with Crippen LogP contribution in [0.15, 0.2) is 76.6 Å². The number of nitrogens with one attached hydrogen (secondary N) is 1. The van der Waals surface area contributed by atoms with Crippen molar-refractivity contribution in [2.24, 2.45) is 4.99 Å². The first-order valence-electron chi connectivity index (χ1n) is 8.63. The van der Waals surface area contributed by atoms with Crippen molar-refractivity contribution in [2.45, 2.75) is 18.7 Å². The molecule has 0 aliphatic rings. The summed E-state index contributed by atoms with van der Waals surface area (Å²) in [5, 5.41) is 0. The highest BCUT2D eigenvalue weighted by atomic mass is 32.2. The Morgan fingerprint density at radius 1 is 0.929 bits per heavy atom. The van der Waals surface area contributed by atoms with Crippen LogP contribution < -0.4 is 4.72 Å². The van der Waals surface area contributed by atoms with E-state index in [1.807, 2.05) is 42.5 Å². The molecule has 0 amide bonds. The van der Waals surface area contributed by atoms with Crippen LogP contribution >= 0.6 is 0 Å². The Balaban J connectivity index is 1.69. The first-order valence-corrected chi connectivity index (χ1v) is 10.1. The van der Waals surface area contributed by atoms with Crippen molar-refractivity contribution in [3.05, 3.63) is 83.7 Å². The van der Waals surface area contributed by atoms with Crippen molar-refractivity contribution < 1.29 is 8.42 Å². The topological polar surface area (TPSA) is 84.3 Å². The van der Waals surface area contributed by atoms with Gasteiger partial charge in [0.1, 0.15) is 0 Å². The summed E-state index contributed by atoms with van der Waals surface area (Å²) in [6.45, 7) is 3.57. The minimum Gasteiger partial charge on any atom is -0.257 e. The Morgan fingerprint density at radius 3 is 2.21 bits per heavy atom. The van der Waals surface area contributed by atoms with E-state index in [0.717, 1.165) is 5.56 Å². The van der Waals surface area contributed by atoms with Crippen LogP contribution in [-0.2, 0) is 10.0 Å². The molecule has 1 aromatic heterocycles. The molecule has 7 heteroatoms. The number of benzene rings is 2. The Hall–Kier alpha value is -3.32. The average Bonchev–Trinajstić information content (AvgIpc) is 2.65. The molecule has 2 aromatic carbocycles. The lowest BCUT2D eigenvalue weighted by molar-refractivity contribution is 0.601. The molecular formula is C21H20N4O2S. The summed E-state index contributed by atoms with van der Waals surface area (Å²) in [6.07, 6.45) is 5.44. The molecule has 1 heterocycles. The van der Waals surface area contributed by atoms with E-state index < -0.39 is 10.0 Å². The first-order chi connectivity index (χ1) is 13.4. The Kier molecular flexibility index (Phi) is 5.96. The molecule has 0 saturated carbocycles. The second kappa shape index (κ2) is 8.58. The maximum atomic E-state index is 12.5. The summed E-state index contributed by atoms with van der Waals surface area (Å²) < 4.78 is 27.4. The van der Waals surface area contributed by atoms with Gasteiger partial charge in [-0.05, 0) is 55.8 Å². The van der Waals surface area contributed by atoms with Gasteiger partial charge in [-0.2, -0.15) is 0 Å². The third-order valence-corrected chi connectivity index (χ3v) is 5.10. The summed E-state index contributed by atoms with van der Waals surface area (Å²) >= 11 is 0. The molecule has 6 nitrogen and oxygen atoms in total. The normalized spacial score (nSPS) is 11.9. The van der Waals surface area contributed by atoms with Gasteiger partial charge in [0, 0.05) is 17.6 Å². The van der Waals surface area contributed by atoms with Gasteiger partial charge < -0.3 is 0 Å². The summed E-state index contributed by atoms with van der Waals surface area (Å²) in [5.41, 5.74) is 3.12. The fourth-order valence-electron chi connectivity index (χ4n) is 2.51. The van der Waals surface area contributed by atoms with Crippen molar-refractivity contribution in [3.63, 3.8) is 0 Å². The van der Waals surface area contributed by atoms with Crippen LogP contribution in [0.1, 0.15) is 17.0 Å². The maximum absolute atomic E-state index is 12.5. The quantitative estimate of drug-likeness (QED) is 0.634. The molecule has 0 aliphatic carbocycles. The summed E-state index contributed by atoms with van der Waals surface area (Å²) in [4.78, 5) is 12.6. The molecular weight excluding hydrogens is 372 g/mol. The predicted octanol–water partition coefficient (Wildman–Crippen LogP) is 4.31. The van der Waals surface area contributed by atoms with Gasteiger partial charge in [-0.15, -0.1) is 0 Å². The van der Waals surface area contributed by atoms with E-state index in [9.17, 15) is 8.42 Å². The molecule has 1 N–H and O–H groups in total. The monoisotopic (exact) mass is 392 g/mol. The number of nitrogens with zero attached hydrogens (tertiary/aromatic N) is 3. The molecule has 3 rings (SSSR count). The van der Waals surface area contributed by atoms with Crippen LogP contribution in [-0.4, -0.2) is 24.6 Å². The van der Waals surface area contributed by atoms with Crippen LogP contribution in [0.5, 0.6) is 0 Å². The number of hydrogen-bond donors (Lipinski definition) is 1. The molecule has 0 fully saturated rings. The zero-order valence-corrected chi connectivity index (χ0v) is 16.4. The van der Waals surface area contributed by atoms with Crippen molar-refractivity contribution in [1.82, 2.24) is 9.97 Å². The fraction of sp³-hybridized carbons (Fsp3) is 0.0952. The molecule has 0 saturated heterocycles. The van der Waals surface area contributed by atoms with Gasteiger partial charge in [0.2, 0.25) is 5.95 Å². The molecule has 0 atom stereocenters. The highest BCUT2D eigenvalue weighted by Crippen LogP contribution is 2.18.